The smallest absolute Gasteiger partial charge is 0.238 e. The van der Waals surface area contributed by atoms with Gasteiger partial charge in [0.05, 0.1) is 23.6 Å². The molecule has 2 N–H and O–H groups in total. The standard InChI is InChI=1S/C15H26N4OS/c1-5-21-13-7-6-12(8-13)19(4)9-14(20)16-15-10(2)17-18-11(15)3/h12-13H,5-9H2,1-4H3,(H,16,20)(H,17,18)/t12-,13+/m0/s1. The molecule has 1 heterocycles. The maximum absolute atomic E-state index is 12.2. The van der Waals surface area contributed by atoms with Gasteiger partial charge >= 0.3 is 0 Å². The largest absolute Gasteiger partial charge is 0.322 e. The van der Waals surface area contributed by atoms with Crippen LogP contribution in [0.25, 0.3) is 0 Å². The summed E-state index contributed by atoms with van der Waals surface area (Å²) in [6, 6.07) is 0.534. The number of carbonyl (C=O) groups is 1. The van der Waals surface area contributed by atoms with Crippen molar-refractivity contribution in [3.8, 4) is 0 Å². The number of H-pyrrole nitrogens is 1. The molecular weight excluding hydrogens is 284 g/mol. The number of aryl methyl sites for hydroxylation is 2. The van der Waals surface area contributed by atoms with E-state index in [0.717, 1.165) is 22.3 Å². The van der Waals surface area contributed by atoms with Gasteiger partial charge < -0.3 is 5.32 Å². The molecule has 5 nitrogen and oxygen atoms in total. The summed E-state index contributed by atoms with van der Waals surface area (Å²) in [5.41, 5.74) is 2.56. The van der Waals surface area contributed by atoms with Crippen molar-refractivity contribution < 1.29 is 4.79 Å². The fraction of sp³-hybridized carbons (Fsp3) is 0.733. The molecule has 0 radical (unpaired) electrons. The number of aromatic amines is 1. The molecule has 0 saturated heterocycles. The fourth-order valence-corrected chi connectivity index (χ4v) is 4.11. The number of amides is 1. The highest BCUT2D eigenvalue weighted by Crippen LogP contribution is 2.32. The number of anilines is 1. The predicted molar refractivity (Wildman–Crippen MR) is 88.9 cm³/mol. The summed E-state index contributed by atoms with van der Waals surface area (Å²) in [5, 5.41) is 10.7. The Morgan fingerprint density at radius 3 is 2.86 bits per heavy atom. The summed E-state index contributed by atoms with van der Waals surface area (Å²) < 4.78 is 0. The molecule has 6 heteroatoms. The van der Waals surface area contributed by atoms with Crippen LogP contribution in [0.1, 0.15) is 37.6 Å². The molecule has 1 aromatic heterocycles. The summed E-state index contributed by atoms with van der Waals surface area (Å²) in [4.78, 5) is 14.4. The van der Waals surface area contributed by atoms with Crippen LogP contribution in [-0.4, -0.2) is 51.6 Å². The average molecular weight is 310 g/mol. The first-order valence-corrected chi connectivity index (χ1v) is 8.69. The highest BCUT2D eigenvalue weighted by atomic mass is 32.2. The van der Waals surface area contributed by atoms with E-state index in [4.69, 9.17) is 0 Å². The number of nitrogens with one attached hydrogen (secondary N) is 2. The van der Waals surface area contributed by atoms with E-state index in [1.54, 1.807) is 0 Å². The molecule has 2 rings (SSSR count). The molecule has 0 unspecified atom stereocenters. The number of aromatic nitrogens is 2. The van der Waals surface area contributed by atoms with E-state index >= 15 is 0 Å². The summed E-state index contributed by atoms with van der Waals surface area (Å²) in [6.45, 7) is 6.47. The Labute approximate surface area is 131 Å². The van der Waals surface area contributed by atoms with Gasteiger partial charge in [-0.25, -0.2) is 0 Å². The van der Waals surface area contributed by atoms with E-state index < -0.39 is 0 Å². The second-order valence-corrected chi connectivity index (χ2v) is 7.39. The molecule has 1 amide bonds. The first kappa shape index (κ1) is 16.4. The van der Waals surface area contributed by atoms with Crippen molar-refractivity contribution in [3.63, 3.8) is 0 Å². The first-order chi connectivity index (χ1) is 10.0. The molecule has 118 valence electrons. The Hall–Kier alpha value is -1.01. The topological polar surface area (TPSA) is 61.0 Å². The van der Waals surface area contributed by atoms with Crippen LogP contribution >= 0.6 is 11.8 Å². The van der Waals surface area contributed by atoms with Crippen LogP contribution in [0.2, 0.25) is 0 Å². The zero-order valence-electron chi connectivity index (χ0n) is 13.4. The van der Waals surface area contributed by atoms with Crippen LogP contribution in [0.15, 0.2) is 0 Å². The summed E-state index contributed by atoms with van der Waals surface area (Å²) >= 11 is 2.05. The Morgan fingerprint density at radius 2 is 2.24 bits per heavy atom. The monoisotopic (exact) mass is 310 g/mol. The van der Waals surface area contributed by atoms with Gasteiger partial charge in [-0.2, -0.15) is 16.9 Å². The maximum atomic E-state index is 12.2. The first-order valence-electron chi connectivity index (χ1n) is 7.64. The van der Waals surface area contributed by atoms with Gasteiger partial charge in [0, 0.05) is 11.3 Å². The lowest BCUT2D eigenvalue weighted by Gasteiger charge is -2.23. The molecule has 0 spiro atoms. The van der Waals surface area contributed by atoms with Crippen molar-refractivity contribution >= 4 is 23.4 Å². The lowest BCUT2D eigenvalue weighted by atomic mass is 10.2. The molecule has 1 aromatic rings. The molecule has 1 fully saturated rings. The summed E-state index contributed by atoms with van der Waals surface area (Å²) in [7, 11) is 2.05. The minimum Gasteiger partial charge on any atom is -0.322 e. The lowest BCUT2D eigenvalue weighted by Crippen LogP contribution is -2.37. The van der Waals surface area contributed by atoms with Gasteiger partial charge in [-0.3, -0.25) is 14.8 Å². The summed E-state index contributed by atoms with van der Waals surface area (Å²) in [6.07, 6.45) is 3.67. The van der Waals surface area contributed by atoms with Gasteiger partial charge in [-0.05, 0) is 45.9 Å². The highest BCUT2D eigenvalue weighted by molar-refractivity contribution is 7.99. The molecule has 2 atom stereocenters. The van der Waals surface area contributed by atoms with Gasteiger partial charge in [0.25, 0.3) is 0 Å². The van der Waals surface area contributed by atoms with Gasteiger partial charge in [-0.1, -0.05) is 6.92 Å². The van der Waals surface area contributed by atoms with Crippen molar-refractivity contribution in [2.45, 2.75) is 51.3 Å². The van der Waals surface area contributed by atoms with E-state index in [9.17, 15) is 4.79 Å². The molecular formula is C15H26N4OS. The minimum atomic E-state index is 0.0386. The van der Waals surface area contributed by atoms with Crippen LogP contribution in [-0.2, 0) is 4.79 Å². The Morgan fingerprint density at radius 1 is 1.48 bits per heavy atom. The van der Waals surface area contributed by atoms with E-state index in [2.05, 4.69) is 34.4 Å². The van der Waals surface area contributed by atoms with Gasteiger partial charge in [0.2, 0.25) is 5.91 Å². The maximum Gasteiger partial charge on any atom is 0.238 e. The molecule has 1 aliphatic carbocycles. The van der Waals surface area contributed by atoms with Gasteiger partial charge in [0.15, 0.2) is 0 Å². The Balaban J connectivity index is 1.83. The molecule has 0 bridgehead atoms. The third-order valence-electron chi connectivity index (χ3n) is 4.17. The van der Waals surface area contributed by atoms with E-state index in [1.807, 2.05) is 25.6 Å². The quantitative estimate of drug-likeness (QED) is 0.848. The van der Waals surface area contributed by atoms with Crippen LogP contribution in [0, 0.1) is 13.8 Å². The lowest BCUT2D eigenvalue weighted by molar-refractivity contribution is -0.117. The summed E-state index contributed by atoms with van der Waals surface area (Å²) in [5.74, 6) is 1.22. The number of carbonyl (C=O) groups excluding carboxylic acids is 1. The van der Waals surface area contributed by atoms with Crippen molar-refractivity contribution in [1.82, 2.24) is 15.1 Å². The second-order valence-electron chi connectivity index (χ2n) is 5.82. The van der Waals surface area contributed by atoms with E-state index in [1.165, 1.54) is 25.0 Å². The van der Waals surface area contributed by atoms with Crippen LogP contribution in [0.5, 0.6) is 0 Å². The van der Waals surface area contributed by atoms with E-state index in [-0.39, 0.29) is 5.91 Å². The van der Waals surface area contributed by atoms with Gasteiger partial charge in [-0.15, -0.1) is 0 Å². The molecule has 1 aliphatic rings. The molecule has 1 saturated carbocycles. The molecule has 21 heavy (non-hydrogen) atoms. The third kappa shape index (κ3) is 4.23. The third-order valence-corrected chi connectivity index (χ3v) is 5.40. The normalized spacial score (nSPS) is 22.0. The Bertz CT molecular complexity index is 469. The number of nitrogens with zero attached hydrogens (tertiary/aromatic N) is 2. The number of hydrogen-bond donors (Lipinski definition) is 2. The number of thioether (sulfide) groups is 1. The highest BCUT2D eigenvalue weighted by Gasteiger charge is 2.28. The second kappa shape index (κ2) is 7.31. The minimum absolute atomic E-state index is 0.0386. The molecule has 0 aromatic carbocycles. The predicted octanol–water partition coefficient (Wildman–Crippen LogP) is 2.57. The Kier molecular flexibility index (Phi) is 5.70. The zero-order valence-corrected chi connectivity index (χ0v) is 14.2. The van der Waals surface area contributed by atoms with E-state index in [0.29, 0.717) is 12.6 Å². The van der Waals surface area contributed by atoms with Crippen molar-refractivity contribution in [2.24, 2.45) is 0 Å². The number of hydrogen-bond acceptors (Lipinski definition) is 4. The fourth-order valence-electron chi connectivity index (χ4n) is 2.97. The number of likely N-dealkylation sites (N-methyl/N-ethyl adjacent to an activating group) is 1. The van der Waals surface area contributed by atoms with Crippen molar-refractivity contribution in [2.75, 3.05) is 24.7 Å². The van der Waals surface area contributed by atoms with Crippen molar-refractivity contribution in [3.05, 3.63) is 11.4 Å². The van der Waals surface area contributed by atoms with Gasteiger partial charge in [0.1, 0.15) is 0 Å². The SMILES string of the molecule is CCS[C@@H]1CC[C@H](N(C)CC(=O)Nc2c(C)n[nH]c2C)C1. The molecule has 0 aliphatic heterocycles. The van der Waals surface area contributed by atoms with Crippen LogP contribution in [0.4, 0.5) is 5.69 Å². The van der Waals surface area contributed by atoms with Crippen molar-refractivity contribution in [1.29, 1.82) is 0 Å². The average Bonchev–Trinajstić information content (AvgIpc) is 3.01. The zero-order chi connectivity index (χ0) is 15.4. The van der Waals surface area contributed by atoms with Crippen LogP contribution < -0.4 is 5.32 Å². The number of rotatable bonds is 6. The van der Waals surface area contributed by atoms with Crippen LogP contribution in [0.3, 0.4) is 0 Å².